The number of allylic oxidation sites excluding steroid dienone is 1. The normalized spacial score (nSPS) is 20.7. The molecule has 1 unspecified atom stereocenters. The van der Waals surface area contributed by atoms with Crippen LogP contribution in [0.5, 0.6) is 0 Å². The Morgan fingerprint density at radius 2 is 1.78 bits per heavy atom. The Morgan fingerprint density at radius 1 is 0.983 bits per heavy atom. The first-order chi connectivity index (χ1) is 28.1. The Balaban J connectivity index is 0.789. The van der Waals surface area contributed by atoms with Crippen molar-refractivity contribution in [3.05, 3.63) is 88.2 Å². The smallest absolute Gasteiger partial charge is 0.328 e. The molecule has 0 bridgehead atoms. The summed E-state index contributed by atoms with van der Waals surface area (Å²) in [6.45, 7) is 3.19. The number of benzene rings is 2. The fourth-order valence-electron chi connectivity index (χ4n) is 9.70. The highest BCUT2D eigenvalue weighted by Gasteiger charge is 2.40. The number of anilines is 4. The first-order valence-electron chi connectivity index (χ1n) is 20.3. The van der Waals surface area contributed by atoms with E-state index in [0.717, 1.165) is 61.4 Å². The van der Waals surface area contributed by atoms with Crippen molar-refractivity contribution in [3.8, 4) is 0 Å². The molecule has 9 rings (SSSR count). The predicted molar refractivity (Wildman–Crippen MR) is 223 cm³/mol. The molecule has 3 fully saturated rings. The number of carbonyl (C=O) groups excluding carboxylic acids is 4. The van der Waals surface area contributed by atoms with E-state index in [-0.39, 0.29) is 35.9 Å². The molecule has 15 heteroatoms. The van der Waals surface area contributed by atoms with Gasteiger partial charge in [-0.15, -0.1) is 5.10 Å². The molecule has 300 valence electrons. The van der Waals surface area contributed by atoms with Crippen LogP contribution in [0.25, 0.3) is 5.65 Å². The monoisotopic (exact) mass is 802 g/mol. The van der Waals surface area contributed by atoms with E-state index in [2.05, 4.69) is 50.9 Å². The van der Waals surface area contributed by atoms with Crippen LogP contribution >= 0.6 is 11.6 Å². The maximum Gasteiger partial charge on any atom is 0.328 e. The van der Waals surface area contributed by atoms with Gasteiger partial charge in [-0.3, -0.25) is 29.6 Å². The predicted octanol–water partition coefficient (Wildman–Crippen LogP) is 6.14. The van der Waals surface area contributed by atoms with Gasteiger partial charge in [0, 0.05) is 69.1 Å². The largest absolute Gasteiger partial charge is 0.385 e. The third kappa shape index (κ3) is 6.97. The summed E-state index contributed by atoms with van der Waals surface area (Å²) >= 11 is 6.43. The number of hydrogen-bond donors (Lipinski definition) is 3. The summed E-state index contributed by atoms with van der Waals surface area (Å²) in [5.74, 6) is 0.845. The number of piperidine rings is 1. The van der Waals surface area contributed by atoms with Gasteiger partial charge in [0.15, 0.2) is 11.5 Å². The van der Waals surface area contributed by atoms with Crippen molar-refractivity contribution >= 4 is 69.6 Å². The highest BCUT2D eigenvalue weighted by molar-refractivity contribution is 6.34. The highest BCUT2D eigenvalue weighted by atomic mass is 35.5. The maximum absolute atomic E-state index is 13.6. The van der Waals surface area contributed by atoms with E-state index in [1.54, 1.807) is 18.2 Å². The Morgan fingerprint density at radius 3 is 2.50 bits per heavy atom. The Kier molecular flexibility index (Phi) is 9.91. The van der Waals surface area contributed by atoms with Crippen LogP contribution in [0.3, 0.4) is 0 Å². The number of fused-ring (bicyclic) bond motifs is 2. The van der Waals surface area contributed by atoms with E-state index in [4.69, 9.17) is 27.4 Å². The molecule has 58 heavy (non-hydrogen) atoms. The van der Waals surface area contributed by atoms with Crippen molar-refractivity contribution in [2.45, 2.75) is 57.8 Å². The number of carbonyl (C=O) groups is 4. The first-order valence-corrected chi connectivity index (χ1v) is 20.7. The number of nitrogens with one attached hydrogen (secondary N) is 2. The van der Waals surface area contributed by atoms with Crippen molar-refractivity contribution in [1.29, 1.82) is 0 Å². The minimum absolute atomic E-state index is 0.0514. The molecule has 4 aliphatic heterocycles. The topological polar surface area (TPSA) is 171 Å². The molecular formula is C43H47ClN10O4. The number of hydrogen-bond acceptors (Lipinski definition) is 9. The number of primary amides is 1. The summed E-state index contributed by atoms with van der Waals surface area (Å²) in [4.78, 5) is 64.9. The lowest BCUT2D eigenvalue weighted by molar-refractivity contribution is -0.120. The number of aliphatic imine (C=N–C) groups is 1. The van der Waals surface area contributed by atoms with Gasteiger partial charge in [-0.05, 0) is 105 Å². The van der Waals surface area contributed by atoms with Gasteiger partial charge < -0.3 is 20.9 Å². The Hall–Kier alpha value is -5.76. The zero-order chi connectivity index (χ0) is 40.1. The van der Waals surface area contributed by atoms with Crippen LogP contribution < -0.4 is 26.2 Å². The quantitative estimate of drug-likeness (QED) is 0.191. The van der Waals surface area contributed by atoms with Gasteiger partial charge in [0.05, 0.1) is 28.3 Å². The van der Waals surface area contributed by atoms with Crippen molar-refractivity contribution in [1.82, 2.24) is 24.8 Å². The summed E-state index contributed by atoms with van der Waals surface area (Å²) in [5.41, 5.74) is 12.9. The van der Waals surface area contributed by atoms with Crippen LogP contribution in [0.4, 0.5) is 27.7 Å². The molecule has 4 N–H and O–H groups in total. The van der Waals surface area contributed by atoms with Gasteiger partial charge in [-0.25, -0.2) is 14.3 Å². The zero-order valence-corrected chi connectivity index (χ0v) is 33.3. The molecule has 1 saturated carbocycles. The molecule has 14 nitrogen and oxygen atoms in total. The summed E-state index contributed by atoms with van der Waals surface area (Å²) in [7, 11) is 1.82. The summed E-state index contributed by atoms with van der Waals surface area (Å²) in [5, 5.41) is 10.7. The molecule has 5 aliphatic rings. The Labute approximate surface area is 341 Å². The molecule has 1 aliphatic carbocycles. The van der Waals surface area contributed by atoms with E-state index in [9.17, 15) is 19.2 Å². The number of nitrogens with two attached hydrogens (primary N) is 1. The molecule has 1 atom stereocenters. The van der Waals surface area contributed by atoms with Gasteiger partial charge in [0.2, 0.25) is 5.91 Å². The number of rotatable bonds is 8. The first kappa shape index (κ1) is 37.8. The zero-order valence-electron chi connectivity index (χ0n) is 32.5. The lowest BCUT2D eigenvalue weighted by Gasteiger charge is -2.46. The molecule has 2 aromatic heterocycles. The van der Waals surface area contributed by atoms with Crippen LogP contribution in [0, 0.1) is 17.3 Å². The molecule has 2 saturated heterocycles. The van der Waals surface area contributed by atoms with Gasteiger partial charge in [0.1, 0.15) is 5.69 Å². The summed E-state index contributed by atoms with van der Waals surface area (Å²) in [6, 6.07) is 12.8. The standard InChI is InChI=1S/C43H47ClN10O4/c1-46-33-23-37(50-54-36(39(45)56)25-48-40(33)54)52-17-11-30-29(3-2-4-34(30)52)32-8-5-27(24-47-32)21-26-9-13-43(14-10-26)15-19-51(20-16-43)41(57)28-6-7-31(44)35(22-28)53-18-12-38(55)49-42(53)58/h2-8,22-23,25-27,46H,9-21,24H2,1H3,(H2,45,56)(H,49,55,58). The molecule has 2 aromatic carbocycles. The van der Waals surface area contributed by atoms with Gasteiger partial charge in [0.25, 0.3) is 11.8 Å². The van der Waals surface area contributed by atoms with Crippen molar-refractivity contribution in [2.75, 3.05) is 54.9 Å². The number of urea groups is 1. The average molecular weight is 803 g/mol. The number of amides is 5. The van der Waals surface area contributed by atoms with Crippen molar-refractivity contribution in [3.63, 3.8) is 0 Å². The van der Waals surface area contributed by atoms with Crippen LogP contribution in [0.1, 0.15) is 83.3 Å². The third-order valence-electron chi connectivity index (χ3n) is 13.0. The van der Waals surface area contributed by atoms with E-state index in [1.807, 2.05) is 18.0 Å². The maximum atomic E-state index is 13.6. The van der Waals surface area contributed by atoms with E-state index >= 15 is 0 Å². The minimum atomic E-state index is -0.581. The van der Waals surface area contributed by atoms with Gasteiger partial charge >= 0.3 is 6.03 Å². The average Bonchev–Trinajstić information content (AvgIpc) is 3.88. The number of likely N-dealkylation sites (tertiary alicyclic amines) is 1. The molecular weight excluding hydrogens is 756 g/mol. The number of aromatic nitrogens is 3. The third-order valence-corrected chi connectivity index (χ3v) is 13.3. The molecule has 4 aromatic rings. The second-order valence-corrected chi connectivity index (χ2v) is 16.8. The van der Waals surface area contributed by atoms with E-state index in [0.29, 0.717) is 52.7 Å². The Bertz CT molecular complexity index is 2390. The summed E-state index contributed by atoms with van der Waals surface area (Å²) in [6.07, 6.45) is 15.0. The second-order valence-electron chi connectivity index (χ2n) is 16.4. The van der Waals surface area contributed by atoms with Gasteiger partial charge in [-0.2, -0.15) is 0 Å². The second kappa shape index (κ2) is 15.2. The fourth-order valence-corrected chi connectivity index (χ4v) is 9.92. The highest BCUT2D eigenvalue weighted by Crippen LogP contribution is 2.48. The number of halogens is 1. The SMILES string of the molecule is CNc1cc(N2CCc3c(C4=NCC(CC5CCC6(CC5)CCN(C(=O)c5ccc(Cl)c(N7CCC(=O)NC7=O)c5)CC6)C=C4)cccc32)nn2c(C(N)=O)cnc12. The van der Waals surface area contributed by atoms with E-state index < -0.39 is 11.9 Å². The van der Waals surface area contributed by atoms with Crippen LogP contribution in [-0.4, -0.2) is 88.7 Å². The van der Waals surface area contributed by atoms with Gasteiger partial charge in [-0.1, -0.05) is 29.8 Å². The van der Waals surface area contributed by atoms with Crippen LogP contribution in [-0.2, 0) is 11.2 Å². The van der Waals surface area contributed by atoms with Crippen LogP contribution in [0.15, 0.2) is 65.8 Å². The molecule has 0 radical (unpaired) electrons. The van der Waals surface area contributed by atoms with Crippen molar-refractivity contribution < 1.29 is 19.2 Å². The van der Waals surface area contributed by atoms with Crippen LogP contribution in [0.2, 0.25) is 5.02 Å². The molecule has 6 heterocycles. The minimum Gasteiger partial charge on any atom is -0.385 e. The fraction of sp³-hybridized carbons (Fsp3) is 0.419. The van der Waals surface area contributed by atoms with Crippen molar-refractivity contribution in [2.24, 2.45) is 28.0 Å². The molecule has 1 spiro atoms. The lowest BCUT2D eigenvalue weighted by atomic mass is 9.64. The van der Waals surface area contributed by atoms with E-state index in [1.165, 1.54) is 46.9 Å². The number of nitrogens with zero attached hydrogens (tertiary/aromatic N) is 7. The number of dihydropyridines is 1. The number of imide groups is 1. The lowest BCUT2D eigenvalue weighted by Crippen LogP contribution is -2.49. The molecule has 5 amide bonds. The number of imidazole rings is 1. The summed E-state index contributed by atoms with van der Waals surface area (Å²) < 4.78 is 1.52.